The van der Waals surface area contributed by atoms with Gasteiger partial charge in [-0.2, -0.15) is 0 Å². The zero-order valence-electron chi connectivity index (χ0n) is 10.0. The van der Waals surface area contributed by atoms with Gasteiger partial charge in [-0.3, -0.25) is 0 Å². The molecule has 2 atom stereocenters. The fraction of sp³-hybridized carbons (Fsp3) is 0.571. The van der Waals surface area contributed by atoms with Crippen LogP contribution in [0.15, 0.2) is 24.3 Å². The first-order valence-electron chi connectivity index (χ1n) is 6.14. The summed E-state index contributed by atoms with van der Waals surface area (Å²) in [6.07, 6.45) is 1.28. The van der Waals surface area contributed by atoms with Crippen LogP contribution in [-0.4, -0.2) is 13.1 Å². The SMILES string of the molecule is CC(C)C1CCNCC1c1ccc(Cl)cc1. The number of halogens is 1. The number of nitrogens with one attached hydrogen (secondary N) is 1. The first kappa shape index (κ1) is 11.9. The number of hydrogen-bond donors (Lipinski definition) is 1. The molecule has 2 unspecified atom stereocenters. The highest BCUT2D eigenvalue weighted by Gasteiger charge is 2.28. The maximum atomic E-state index is 5.93. The van der Waals surface area contributed by atoms with E-state index in [-0.39, 0.29) is 0 Å². The van der Waals surface area contributed by atoms with E-state index >= 15 is 0 Å². The number of rotatable bonds is 2. The van der Waals surface area contributed by atoms with Gasteiger partial charge in [0.1, 0.15) is 0 Å². The van der Waals surface area contributed by atoms with E-state index in [0.717, 1.165) is 29.9 Å². The minimum Gasteiger partial charge on any atom is -0.316 e. The predicted molar refractivity (Wildman–Crippen MR) is 70.0 cm³/mol. The highest BCUT2D eigenvalue weighted by Crippen LogP contribution is 2.34. The van der Waals surface area contributed by atoms with Crippen LogP contribution < -0.4 is 5.32 Å². The average molecular weight is 238 g/mol. The van der Waals surface area contributed by atoms with Crippen LogP contribution in [0, 0.1) is 11.8 Å². The maximum Gasteiger partial charge on any atom is 0.0406 e. The second-order valence-electron chi connectivity index (χ2n) is 5.06. The van der Waals surface area contributed by atoms with E-state index in [4.69, 9.17) is 11.6 Å². The molecule has 1 aromatic carbocycles. The van der Waals surface area contributed by atoms with Crippen LogP contribution in [0.1, 0.15) is 31.7 Å². The average Bonchev–Trinajstić information content (AvgIpc) is 2.30. The smallest absolute Gasteiger partial charge is 0.0406 e. The predicted octanol–water partition coefficient (Wildman–Crippen LogP) is 3.69. The summed E-state index contributed by atoms with van der Waals surface area (Å²) >= 11 is 5.93. The lowest BCUT2D eigenvalue weighted by Gasteiger charge is -2.35. The first-order valence-corrected chi connectivity index (χ1v) is 6.52. The Morgan fingerprint density at radius 2 is 1.94 bits per heavy atom. The van der Waals surface area contributed by atoms with E-state index < -0.39 is 0 Å². The zero-order chi connectivity index (χ0) is 11.5. The van der Waals surface area contributed by atoms with Crippen molar-refractivity contribution in [1.29, 1.82) is 0 Å². The maximum absolute atomic E-state index is 5.93. The first-order chi connectivity index (χ1) is 7.68. The summed E-state index contributed by atoms with van der Waals surface area (Å²) < 4.78 is 0. The van der Waals surface area contributed by atoms with Crippen molar-refractivity contribution in [1.82, 2.24) is 5.32 Å². The molecule has 0 aliphatic carbocycles. The molecule has 1 fully saturated rings. The fourth-order valence-corrected chi connectivity index (χ4v) is 2.88. The van der Waals surface area contributed by atoms with Gasteiger partial charge in [-0.25, -0.2) is 0 Å². The molecule has 1 aliphatic heterocycles. The van der Waals surface area contributed by atoms with Crippen molar-refractivity contribution >= 4 is 11.6 Å². The van der Waals surface area contributed by atoms with E-state index in [0.29, 0.717) is 5.92 Å². The van der Waals surface area contributed by atoms with Crippen molar-refractivity contribution in [3.63, 3.8) is 0 Å². The van der Waals surface area contributed by atoms with E-state index in [9.17, 15) is 0 Å². The van der Waals surface area contributed by atoms with Crippen LogP contribution >= 0.6 is 11.6 Å². The standard InChI is InChI=1S/C14H20ClN/c1-10(2)13-7-8-16-9-14(13)11-3-5-12(15)6-4-11/h3-6,10,13-14,16H,7-9H2,1-2H3. The molecule has 1 N–H and O–H groups in total. The molecular weight excluding hydrogens is 218 g/mol. The molecular formula is C14H20ClN. The third-order valence-corrected chi connectivity index (χ3v) is 3.94. The van der Waals surface area contributed by atoms with Crippen molar-refractivity contribution in [2.45, 2.75) is 26.2 Å². The fourth-order valence-electron chi connectivity index (χ4n) is 2.75. The Balaban J connectivity index is 2.19. The van der Waals surface area contributed by atoms with E-state index in [1.807, 2.05) is 12.1 Å². The largest absolute Gasteiger partial charge is 0.316 e. The van der Waals surface area contributed by atoms with Gasteiger partial charge in [0.2, 0.25) is 0 Å². The highest BCUT2D eigenvalue weighted by molar-refractivity contribution is 6.30. The van der Waals surface area contributed by atoms with Gasteiger partial charge in [0.25, 0.3) is 0 Å². The lowest BCUT2D eigenvalue weighted by molar-refractivity contribution is 0.252. The van der Waals surface area contributed by atoms with E-state index in [1.54, 1.807) is 0 Å². The van der Waals surface area contributed by atoms with Crippen LogP contribution in [0.4, 0.5) is 0 Å². The quantitative estimate of drug-likeness (QED) is 0.827. The minimum atomic E-state index is 0.644. The van der Waals surface area contributed by atoms with E-state index in [2.05, 4.69) is 31.3 Å². The van der Waals surface area contributed by atoms with E-state index in [1.165, 1.54) is 12.0 Å². The summed E-state index contributed by atoms with van der Waals surface area (Å²) in [7, 11) is 0. The number of piperidine rings is 1. The highest BCUT2D eigenvalue weighted by atomic mass is 35.5. The van der Waals surface area contributed by atoms with Crippen LogP contribution in [-0.2, 0) is 0 Å². The van der Waals surface area contributed by atoms with Gasteiger partial charge < -0.3 is 5.32 Å². The summed E-state index contributed by atoms with van der Waals surface area (Å²) in [5.41, 5.74) is 1.43. The zero-order valence-corrected chi connectivity index (χ0v) is 10.8. The molecule has 88 valence electrons. The van der Waals surface area contributed by atoms with Crippen molar-refractivity contribution in [3.8, 4) is 0 Å². The lowest BCUT2D eigenvalue weighted by atomic mass is 9.75. The van der Waals surface area contributed by atoms with Gasteiger partial charge in [-0.1, -0.05) is 37.6 Å². The molecule has 0 aromatic heterocycles. The second-order valence-corrected chi connectivity index (χ2v) is 5.50. The molecule has 1 aromatic rings. The summed E-state index contributed by atoms with van der Waals surface area (Å²) in [6.45, 7) is 6.93. The number of benzene rings is 1. The molecule has 0 amide bonds. The Morgan fingerprint density at radius 3 is 2.56 bits per heavy atom. The summed E-state index contributed by atoms with van der Waals surface area (Å²) in [4.78, 5) is 0. The topological polar surface area (TPSA) is 12.0 Å². The summed E-state index contributed by atoms with van der Waals surface area (Å²) in [5.74, 6) is 2.19. The Hall–Kier alpha value is -0.530. The van der Waals surface area contributed by atoms with Gasteiger partial charge >= 0.3 is 0 Å². The summed E-state index contributed by atoms with van der Waals surface area (Å²) in [5, 5.41) is 4.33. The Labute approximate surface area is 103 Å². The van der Waals surface area contributed by atoms with Gasteiger partial charge in [0.15, 0.2) is 0 Å². The van der Waals surface area contributed by atoms with Gasteiger partial charge in [-0.15, -0.1) is 0 Å². The molecule has 0 radical (unpaired) electrons. The third kappa shape index (κ3) is 2.58. The van der Waals surface area contributed by atoms with Crippen molar-refractivity contribution in [2.75, 3.05) is 13.1 Å². The number of hydrogen-bond acceptors (Lipinski definition) is 1. The molecule has 2 rings (SSSR count). The molecule has 1 nitrogen and oxygen atoms in total. The molecule has 0 saturated carbocycles. The molecule has 1 aliphatic rings. The third-order valence-electron chi connectivity index (χ3n) is 3.69. The van der Waals surface area contributed by atoms with Crippen LogP contribution in [0.5, 0.6) is 0 Å². The van der Waals surface area contributed by atoms with Crippen LogP contribution in [0.25, 0.3) is 0 Å². The molecule has 0 bridgehead atoms. The Morgan fingerprint density at radius 1 is 1.25 bits per heavy atom. The molecule has 0 spiro atoms. The lowest BCUT2D eigenvalue weighted by Crippen LogP contribution is -2.37. The monoisotopic (exact) mass is 237 g/mol. The summed E-state index contributed by atoms with van der Waals surface area (Å²) in [6, 6.07) is 8.36. The van der Waals surface area contributed by atoms with Crippen LogP contribution in [0.2, 0.25) is 5.02 Å². The normalized spacial score (nSPS) is 26.0. The van der Waals surface area contributed by atoms with Gasteiger partial charge in [-0.05, 0) is 48.4 Å². The van der Waals surface area contributed by atoms with Gasteiger partial charge in [0, 0.05) is 11.6 Å². The second kappa shape index (κ2) is 5.20. The van der Waals surface area contributed by atoms with Crippen molar-refractivity contribution in [3.05, 3.63) is 34.9 Å². The minimum absolute atomic E-state index is 0.644. The van der Waals surface area contributed by atoms with Crippen molar-refractivity contribution in [2.24, 2.45) is 11.8 Å². The van der Waals surface area contributed by atoms with Crippen LogP contribution in [0.3, 0.4) is 0 Å². The molecule has 1 saturated heterocycles. The molecule has 2 heteroatoms. The molecule has 16 heavy (non-hydrogen) atoms. The Kier molecular flexibility index (Phi) is 3.88. The molecule has 1 heterocycles. The van der Waals surface area contributed by atoms with Gasteiger partial charge in [0.05, 0.1) is 0 Å². The Bertz CT molecular complexity index is 331. The van der Waals surface area contributed by atoms with Crippen molar-refractivity contribution < 1.29 is 0 Å².